The number of nitrogens with one attached hydrogen (secondary N) is 1. The monoisotopic (exact) mass is 341 g/mol. The van der Waals surface area contributed by atoms with Gasteiger partial charge in [0.25, 0.3) is 0 Å². The normalized spacial score (nSPS) is 16.9. The minimum Gasteiger partial charge on any atom is -0.307 e. The number of aromatic nitrogens is 2. The molecule has 1 aliphatic rings. The zero-order chi connectivity index (χ0) is 18.4. The number of benzene rings is 1. The first-order valence-electron chi connectivity index (χ1n) is 9.51. The van der Waals surface area contributed by atoms with Crippen molar-refractivity contribution in [3.63, 3.8) is 0 Å². The Bertz CT molecular complexity index is 778. The molecule has 2 aromatic rings. The summed E-state index contributed by atoms with van der Waals surface area (Å²) in [5, 5.41) is 3.12. The van der Waals surface area contributed by atoms with E-state index in [-0.39, 0.29) is 17.2 Å². The van der Waals surface area contributed by atoms with Gasteiger partial charge in [-0.15, -0.1) is 0 Å². The summed E-state index contributed by atoms with van der Waals surface area (Å²) < 4.78 is 2.26. The molecule has 3 rings (SSSR count). The van der Waals surface area contributed by atoms with Crippen LogP contribution in [0.1, 0.15) is 78.3 Å². The van der Waals surface area contributed by atoms with Crippen LogP contribution in [0.2, 0.25) is 0 Å². The van der Waals surface area contributed by atoms with Gasteiger partial charge in [-0.2, -0.15) is 0 Å². The zero-order valence-corrected chi connectivity index (χ0v) is 16.4. The summed E-state index contributed by atoms with van der Waals surface area (Å²) in [6.45, 7) is 12.7. The molecule has 4 heteroatoms. The molecule has 1 amide bonds. The molecule has 0 bridgehead atoms. The summed E-state index contributed by atoms with van der Waals surface area (Å²) in [5.74, 6) is 1.16. The van der Waals surface area contributed by atoms with Crippen molar-refractivity contribution >= 4 is 22.9 Å². The second-order valence-electron chi connectivity index (χ2n) is 8.87. The van der Waals surface area contributed by atoms with Crippen LogP contribution in [-0.4, -0.2) is 15.5 Å². The van der Waals surface area contributed by atoms with Crippen LogP contribution in [0.25, 0.3) is 11.0 Å². The third kappa shape index (κ3) is 3.44. The number of hydrogen-bond acceptors (Lipinski definition) is 2. The van der Waals surface area contributed by atoms with Gasteiger partial charge >= 0.3 is 0 Å². The molecule has 4 nitrogen and oxygen atoms in total. The van der Waals surface area contributed by atoms with Gasteiger partial charge in [0.05, 0.1) is 11.0 Å². The van der Waals surface area contributed by atoms with Gasteiger partial charge in [-0.1, -0.05) is 47.6 Å². The predicted molar refractivity (Wildman–Crippen MR) is 104 cm³/mol. The fourth-order valence-corrected chi connectivity index (χ4v) is 3.18. The maximum atomic E-state index is 12.7. The average molecular weight is 341 g/mol. The fourth-order valence-electron chi connectivity index (χ4n) is 3.18. The van der Waals surface area contributed by atoms with E-state index in [1.165, 1.54) is 12.0 Å². The number of rotatable bonds is 4. The van der Waals surface area contributed by atoms with Crippen LogP contribution in [0, 0.1) is 11.3 Å². The van der Waals surface area contributed by atoms with Gasteiger partial charge in [-0.05, 0) is 48.3 Å². The molecule has 136 valence electrons. The zero-order valence-electron chi connectivity index (χ0n) is 16.4. The molecule has 1 atom stereocenters. The molecule has 1 saturated carbocycles. The van der Waals surface area contributed by atoms with Crippen LogP contribution in [0.4, 0.5) is 5.95 Å². The quantitative estimate of drug-likeness (QED) is 0.797. The first-order valence-corrected chi connectivity index (χ1v) is 9.51. The Hall–Kier alpha value is -1.84. The smallest absolute Gasteiger partial charge is 0.230 e. The highest BCUT2D eigenvalue weighted by atomic mass is 16.2. The van der Waals surface area contributed by atoms with E-state index in [9.17, 15) is 4.79 Å². The maximum absolute atomic E-state index is 12.7. The highest BCUT2D eigenvalue weighted by molar-refractivity contribution is 5.93. The lowest BCUT2D eigenvalue weighted by atomic mass is 9.81. The molecule has 0 aliphatic heterocycles. The van der Waals surface area contributed by atoms with E-state index in [2.05, 4.69) is 62.7 Å². The molecule has 1 heterocycles. The van der Waals surface area contributed by atoms with Crippen molar-refractivity contribution in [1.29, 1.82) is 0 Å². The third-order valence-corrected chi connectivity index (χ3v) is 5.75. The summed E-state index contributed by atoms with van der Waals surface area (Å²) in [6.07, 6.45) is 3.57. The van der Waals surface area contributed by atoms with Crippen LogP contribution in [0.3, 0.4) is 0 Å². The van der Waals surface area contributed by atoms with Gasteiger partial charge in [0.2, 0.25) is 11.9 Å². The van der Waals surface area contributed by atoms with Gasteiger partial charge in [0.15, 0.2) is 0 Å². The Labute approximate surface area is 151 Å². The summed E-state index contributed by atoms with van der Waals surface area (Å²) in [7, 11) is 0. The Morgan fingerprint density at radius 2 is 1.92 bits per heavy atom. The molecule has 1 fully saturated rings. The number of carbonyl (C=O) groups excluding carboxylic acids is 1. The number of nitrogens with zero attached hydrogens (tertiary/aromatic N) is 2. The summed E-state index contributed by atoms with van der Waals surface area (Å²) in [5.41, 5.74) is 3.36. The minimum atomic E-state index is -0.0756. The van der Waals surface area contributed by atoms with Crippen LogP contribution < -0.4 is 5.32 Å². The molecule has 0 spiro atoms. The molecule has 1 aromatic carbocycles. The van der Waals surface area contributed by atoms with Gasteiger partial charge < -0.3 is 4.57 Å². The van der Waals surface area contributed by atoms with E-state index < -0.39 is 0 Å². The van der Waals surface area contributed by atoms with Crippen molar-refractivity contribution < 1.29 is 4.79 Å². The summed E-state index contributed by atoms with van der Waals surface area (Å²) >= 11 is 0. The SMILES string of the molecule is CC(C)c1ccc2nc(NC(=O)[C@@H](C)C(C)(C)C)n(C3CCC3)c2c1. The van der Waals surface area contributed by atoms with Gasteiger partial charge in [-0.25, -0.2) is 4.98 Å². The van der Waals surface area contributed by atoms with Crippen molar-refractivity contribution in [3.05, 3.63) is 23.8 Å². The fraction of sp³-hybridized carbons (Fsp3) is 0.619. The molecule has 1 aliphatic carbocycles. The first kappa shape index (κ1) is 18.0. The van der Waals surface area contributed by atoms with Crippen molar-refractivity contribution in [2.24, 2.45) is 11.3 Å². The second-order valence-corrected chi connectivity index (χ2v) is 8.87. The standard InChI is InChI=1S/C21H31N3O/c1-13(2)15-10-11-17-18(12-15)24(16-8-7-9-16)20(22-17)23-19(25)14(3)21(4,5)6/h10-14,16H,7-9H2,1-6H3,(H,22,23,25)/t14-/m1/s1. The lowest BCUT2D eigenvalue weighted by molar-refractivity contribution is -0.122. The van der Waals surface area contributed by atoms with Gasteiger partial charge in [0, 0.05) is 12.0 Å². The molecular formula is C21H31N3O. The summed E-state index contributed by atoms with van der Waals surface area (Å²) in [6, 6.07) is 6.93. The van der Waals surface area contributed by atoms with Crippen molar-refractivity contribution in [3.8, 4) is 0 Å². The van der Waals surface area contributed by atoms with Crippen molar-refractivity contribution in [2.75, 3.05) is 5.32 Å². The Kier molecular flexibility index (Phi) is 4.65. The van der Waals surface area contributed by atoms with Crippen LogP contribution in [0.5, 0.6) is 0 Å². The van der Waals surface area contributed by atoms with Crippen LogP contribution in [0.15, 0.2) is 18.2 Å². The first-order chi connectivity index (χ1) is 11.7. The van der Waals surface area contributed by atoms with E-state index >= 15 is 0 Å². The van der Waals surface area contributed by atoms with Crippen LogP contribution in [-0.2, 0) is 4.79 Å². The Balaban J connectivity index is 2.01. The highest BCUT2D eigenvalue weighted by Crippen LogP contribution is 2.38. The van der Waals surface area contributed by atoms with E-state index in [0.717, 1.165) is 23.9 Å². The number of anilines is 1. The van der Waals surface area contributed by atoms with Gasteiger partial charge in [0.1, 0.15) is 0 Å². The van der Waals surface area contributed by atoms with E-state index in [4.69, 9.17) is 4.98 Å². The molecule has 0 saturated heterocycles. The number of carbonyl (C=O) groups is 1. The molecule has 0 radical (unpaired) electrons. The lowest BCUT2D eigenvalue weighted by Crippen LogP contribution is -2.32. The Morgan fingerprint density at radius 1 is 1.24 bits per heavy atom. The number of fused-ring (bicyclic) bond motifs is 1. The lowest BCUT2D eigenvalue weighted by Gasteiger charge is -2.30. The molecule has 25 heavy (non-hydrogen) atoms. The number of hydrogen-bond donors (Lipinski definition) is 1. The highest BCUT2D eigenvalue weighted by Gasteiger charge is 2.30. The van der Waals surface area contributed by atoms with E-state index in [0.29, 0.717) is 17.9 Å². The van der Waals surface area contributed by atoms with Crippen molar-refractivity contribution in [2.45, 2.75) is 72.8 Å². The van der Waals surface area contributed by atoms with E-state index in [1.54, 1.807) is 0 Å². The average Bonchev–Trinajstić information content (AvgIpc) is 2.81. The number of amides is 1. The van der Waals surface area contributed by atoms with Crippen LogP contribution >= 0.6 is 0 Å². The minimum absolute atomic E-state index is 0.0486. The predicted octanol–water partition coefficient (Wildman–Crippen LogP) is 5.51. The van der Waals surface area contributed by atoms with E-state index in [1.807, 2.05) is 6.92 Å². The summed E-state index contributed by atoms with van der Waals surface area (Å²) in [4.78, 5) is 17.5. The molecular weight excluding hydrogens is 310 g/mol. The van der Waals surface area contributed by atoms with Crippen molar-refractivity contribution in [1.82, 2.24) is 9.55 Å². The topological polar surface area (TPSA) is 46.9 Å². The second kappa shape index (κ2) is 6.47. The largest absolute Gasteiger partial charge is 0.307 e. The third-order valence-electron chi connectivity index (χ3n) is 5.75. The Morgan fingerprint density at radius 3 is 2.44 bits per heavy atom. The maximum Gasteiger partial charge on any atom is 0.230 e. The molecule has 1 aromatic heterocycles. The number of imidazole rings is 1. The van der Waals surface area contributed by atoms with Gasteiger partial charge in [-0.3, -0.25) is 10.1 Å². The molecule has 1 N–H and O–H groups in total. The molecule has 0 unspecified atom stereocenters.